The molecule has 0 saturated heterocycles. The maximum atomic E-state index is 12.2. The third-order valence-corrected chi connectivity index (χ3v) is 10.5. The van der Waals surface area contributed by atoms with Crippen molar-refractivity contribution < 1.29 is 14.0 Å². The van der Waals surface area contributed by atoms with E-state index in [1.807, 2.05) is 4.90 Å². The molecule has 0 aromatic rings. The van der Waals surface area contributed by atoms with E-state index in [0.29, 0.717) is 6.54 Å². The highest BCUT2D eigenvalue weighted by Gasteiger charge is 2.46. The minimum atomic E-state index is -1.86. The molecule has 1 aliphatic heterocycles. The van der Waals surface area contributed by atoms with Crippen molar-refractivity contribution in [3.63, 3.8) is 0 Å². The molecule has 0 N–H and O–H groups in total. The SMILES string of the molecule is CC[C@]12C=CCN(C(=O)OC)[C@H]1C=C(O[Si](C)(C)C(C)(C)C)CC2. The van der Waals surface area contributed by atoms with Gasteiger partial charge in [0.2, 0.25) is 8.32 Å². The lowest BCUT2D eigenvalue weighted by atomic mass is 9.69. The molecule has 0 bridgehead atoms. The molecule has 5 heteroatoms. The first-order chi connectivity index (χ1) is 11.1. The predicted molar refractivity (Wildman–Crippen MR) is 100 cm³/mol. The molecular weight excluding hydrogens is 318 g/mol. The van der Waals surface area contributed by atoms with Crippen LogP contribution in [0.1, 0.15) is 47.0 Å². The van der Waals surface area contributed by atoms with Crippen LogP contribution in [0.15, 0.2) is 24.0 Å². The fourth-order valence-corrected chi connectivity index (χ4v) is 4.53. The molecule has 0 radical (unpaired) electrons. The second-order valence-corrected chi connectivity index (χ2v) is 13.3. The summed E-state index contributed by atoms with van der Waals surface area (Å²) in [5.74, 6) is 1.06. The lowest BCUT2D eigenvalue weighted by molar-refractivity contribution is 0.0721. The Morgan fingerprint density at radius 2 is 2.08 bits per heavy atom. The number of rotatable bonds is 3. The molecule has 0 aromatic heterocycles. The largest absolute Gasteiger partial charge is 0.547 e. The van der Waals surface area contributed by atoms with Gasteiger partial charge in [-0.15, -0.1) is 0 Å². The van der Waals surface area contributed by atoms with E-state index in [-0.39, 0.29) is 22.6 Å². The topological polar surface area (TPSA) is 38.8 Å². The van der Waals surface area contributed by atoms with Crippen molar-refractivity contribution >= 4 is 14.4 Å². The van der Waals surface area contributed by atoms with Crippen molar-refractivity contribution in [3.8, 4) is 0 Å². The number of methoxy groups -OCH3 is 1. The summed E-state index contributed by atoms with van der Waals surface area (Å²) in [6.07, 6.45) is 9.29. The minimum Gasteiger partial charge on any atom is -0.547 e. The van der Waals surface area contributed by atoms with E-state index in [4.69, 9.17) is 9.16 Å². The molecule has 0 aromatic carbocycles. The molecule has 0 spiro atoms. The smallest absolute Gasteiger partial charge is 0.410 e. The monoisotopic (exact) mass is 351 g/mol. The first-order valence-electron chi connectivity index (χ1n) is 8.98. The van der Waals surface area contributed by atoms with Crippen molar-refractivity contribution in [2.45, 2.75) is 71.1 Å². The Kier molecular flexibility index (Phi) is 5.24. The molecule has 1 amide bonds. The number of carbonyl (C=O) groups excluding carboxylic acids is 1. The summed E-state index contributed by atoms with van der Waals surface area (Å²) in [5.41, 5.74) is 0.00668. The fraction of sp³-hybridized carbons (Fsp3) is 0.737. The van der Waals surface area contributed by atoms with Gasteiger partial charge in [0, 0.05) is 18.4 Å². The summed E-state index contributed by atoms with van der Waals surface area (Å²) in [4.78, 5) is 14.1. The van der Waals surface area contributed by atoms with Crippen LogP contribution >= 0.6 is 0 Å². The number of nitrogens with zero attached hydrogens (tertiary/aromatic N) is 1. The second kappa shape index (κ2) is 6.58. The van der Waals surface area contributed by atoms with Gasteiger partial charge in [0.05, 0.1) is 18.9 Å². The summed E-state index contributed by atoms with van der Waals surface area (Å²) >= 11 is 0. The van der Waals surface area contributed by atoms with Crippen molar-refractivity contribution in [2.24, 2.45) is 5.41 Å². The van der Waals surface area contributed by atoms with E-state index < -0.39 is 8.32 Å². The molecule has 0 unspecified atom stereocenters. The molecular formula is C19H33NO3Si. The Morgan fingerprint density at radius 3 is 2.62 bits per heavy atom. The normalized spacial score (nSPS) is 27.4. The minimum absolute atomic E-state index is 0.00668. The van der Waals surface area contributed by atoms with E-state index in [0.717, 1.165) is 25.0 Å². The van der Waals surface area contributed by atoms with E-state index >= 15 is 0 Å². The maximum absolute atomic E-state index is 12.2. The number of amides is 1. The van der Waals surface area contributed by atoms with E-state index in [2.05, 4.69) is 59.0 Å². The van der Waals surface area contributed by atoms with Gasteiger partial charge in [-0.05, 0) is 37.0 Å². The van der Waals surface area contributed by atoms with E-state index in [9.17, 15) is 4.79 Å². The number of ether oxygens (including phenoxy) is 1. The maximum Gasteiger partial charge on any atom is 0.410 e. The molecule has 0 saturated carbocycles. The lowest BCUT2D eigenvalue weighted by Crippen LogP contribution is -2.53. The van der Waals surface area contributed by atoms with Crippen LogP contribution in [0.3, 0.4) is 0 Å². The molecule has 136 valence electrons. The summed E-state index contributed by atoms with van der Waals surface area (Å²) in [7, 11) is -0.410. The van der Waals surface area contributed by atoms with Crippen molar-refractivity contribution in [1.29, 1.82) is 0 Å². The average molecular weight is 352 g/mol. The Balaban J connectivity index is 2.33. The van der Waals surface area contributed by atoms with Crippen molar-refractivity contribution in [3.05, 3.63) is 24.0 Å². The lowest BCUT2D eigenvalue weighted by Gasteiger charge is -2.48. The summed E-state index contributed by atoms with van der Waals surface area (Å²) in [6.45, 7) is 14.1. The van der Waals surface area contributed by atoms with Crippen LogP contribution < -0.4 is 0 Å². The molecule has 0 fully saturated rings. The Morgan fingerprint density at radius 1 is 1.42 bits per heavy atom. The van der Waals surface area contributed by atoms with Gasteiger partial charge in [0.1, 0.15) is 0 Å². The molecule has 2 rings (SSSR count). The number of hydrogen-bond acceptors (Lipinski definition) is 3. The highest BCUT2D eigenvalue weighted by molar-refractivity contribution is 6.74. The van der Waals surface area contributed by atoms with Crippen molar-refractivity contribution in [1.82, 2.24) is 4.90 Å². The molecule has 24 heavy (non-hydrogen) atoms. The van der Waals surface area contributed by atoms with Crippen LogP contribution in [0.4, 0.5) is 4.79 Å². The van der Waals surface area contributed by atoms with Gasteiger partial charge < -0.3 is 9.16 Å². The van der Waals surface area contributed by atoms with Crippen LogP contribution in [0, 0.1) is 5.41 Å². The van der Waals surface area contributed by atoms with Crippen LogP contribution in [0.5, 0.6) is 0 Å². The number of fused-ring (bicyclic) bond motifs is 1. The van der Waals surface area contributed by atoms with Crippen LogP contribution in [0.25, 0.3) is 0 Å². The number of hydrogen-bond donors (Lipinski definition) is 0. The van der Waals surface area contributed by atoms with Crippen LogP contribution in [-0.4, -0.2) is 39.0 Å². The van der Waals surface area contributed by atoms with Crippen LogP contribution in [0.2, 0.25) is 18.1 Å². The summed E-state index contributed by atoms with van der Waals surface area (Å²) < 4.78 is 11.6. The highest BCUT2D eigenvalue weighted by Crippen LogP contribution is 2.46. The molecule has 4 nitrogen and oxygen atoms in total. The van der Waals surface area contributed by atoms with E-state index in [1.165, 1.54) is 7.11 Å². The fourth-order valence-electron chi connectivity index (χ4n) is 3.40. The van der Waals surface area contributed by atoms with Gasteiger partial charge in [-0.2, -0.15) is 0 Å². The predicted octanol–water partition coefficient (Wildman–Crippen LogP) is 5.09. The average Bonchev–Trinajstić information content (AvgIpc) is 2.52. The van der Waals surface area contributed by atoms with Crippen molar-refractivity contribution in [2.75, 3.05) is 13.7 Å². The highest BCUT2D eigenvalue weighted by atomic mass is 28.4. The second-order valence-electron chi connectivity index (χ2n) is 8.55. The third-order valence-electron chi connectivity index (χ3n) is 6.12. The molecule has 2 atom stereocenters. The molecule has 1 heterocycles. The molecule has 2 aliphatic rings. The van der Waals surface area contributed by atoms with Crippen LogP contribution in [-0.2, 0) is 9.16 Å². The Bertz CT molecular complexity index is 547. The first kappa shape index (κ1) is 19.1. The first-order valence-corrected chi connectivity index (χ1v) is 11.9. The van der Waals surface area contributed by atoms with E-state index in [1.54, 1.807) is 0 Å². The quantitative estimate of drug-likeness (QED) is 0.525. The number of allylic oxidation sites excluding steroid dienone is 1. The van der Waals surface area contributed by atoms with Gasteiger partial charge >= 0.3 is 6.09 Å². The van der Waals surface area contributed by atoms with Gasteiger partial charge in [-0.3, -0.25) is 4.90 Å². The van der Waals surface area contributed by atoms with Gasteiger partial charge in [0.15, 0.2) is 0 Å². The van der Waals surface area contributed by atoms with Gasteiger partial charge in [0.25, 0.3) is 0 Å². The zero-order valence-corrected chi connectivity index (χ0v) is 17.3. The standard InChI is InChI=1S/C19H33NO3Si/c1-8-19-11-9-13-20(17(21)22-5)16(19)14-15(10-12-19)23-24(6,7)18(2,3)4/h9,11,14,16H,8,10,12-13H2,1-7H3/t16-,19+/m0/s1. The number of carbonyl (C=O) groups is 1. The summed E-state index contributed by atoms with van der Waals surface area (Å²) in [6, 6.07) is 0.0217. The Labute approximate surface area is 148 Å². The molecule has 1 aliphatic carbocycles. The Hall–Kier alpha value is -1.23. The zero-order chi connectivity index (χ0) is 18.2. The third kappa shape index (κ3) is 3.41. The summed E-state index contributed by atoms with van der Waals surface area (Å²) in [5, 5.41) is 0.168. The zero-order valence-electron chi connectivity index (χ0n) is 16.3. The van der Waals surface area contributed by atoms with Gasteiger partial charge in [-0.1, -0.05) is 39.8 Å². The van der Waals surface area contributed by atoms with Gasteiger partial charge in [-0.25, -0.2) is 4.79 Å².